The lowest BCUT2D eigenvalue weighted by Crippen LogP contribution is -2.30. The molecule has 1 saturated heterocycles. The number of ether oxygens (including phenoxy) is 1. The van der Waals surface area contributed by atoms with E-state index in [4.69, 9.17) is 16.3 Å². The Morgan fingerprint density at radius 3 is 2.74 bits per heavy atom. The lowest BCUT2D eigenvalue weighted by atomic mass is 10.1. The lowest BCUT2D eigenvalue weighted by Gasteiger charge is -2.12. The Balaban J connectivity index is 1.87. The van der Waals surface area contributed by atoms with Crippen LogP contribution in [0.15, 0.2) is 42.1 Å². The smallest absolute Gasteiger partial charge is 0.329 e. The molecule has 1 heterocycles. The predicted octanol–water partition coefficient (Wildman–Crippen LogP) is 3.68. The van der Waals surface area contributed by atoms with Crippen molar-refractivity contribution in [2.45, 2.75) is 13.5 Å². The fourth-order valence-electron chi connectivity index (χ4n) is 2.62. The van der Waals surface area contributed by atoms with Gasteiger partial charge in [0, 0.05) is 5.56 Å². The molecule has 6 nitrogen and oxygen atoms in total. The van der Waals surface area contributed by atoms with Crippen LogP contribution in [0.25, 0.3) is 6.08 Å². The van der Waals surface area contributed by atoms with Crippen LogP contribution >= 0.6 is 11.6 Å². The highest BCUT2D eigenvalue weighted by atomic mass is 35.5. The number of phenolic OH excluding ortho intramolecular Hbond substituents is 1. The van der Waals surface area contributed by atoms with Gasteiger partial charge in [0.25, 0.3) is 5.91 Å². The molecule has 2 aromatic carbocycles. The number of hydrogen-bond acceptors (Lipinski definition) is 4. The molecule has 0 atom stereocenters. The molecular formula is C19H16ClFN2O4. The van der Waals surface area contributed by atoms with E-state index < -0.39 is 17.8 Å². The number of hydrogen-bond donors (Lipinski definition) is 2. The van der Waals surface area contributed by atoms with Crippen molar-refractivity contribution in [1.29, 1.82) is 0 Å². The van der Waals surface area contributed by atoms with Gasteiger partial charge in [-0.25, -0.2) is 9.18 Å². The number of aromatic hydroxyl groups is 1. The van der Waals surface area contributed by atoms with Crippen LogP contribution in [0.2, 0.25) is 5.02 Å². The number of halogens is 2. The summed E-state index contributed by atoms with van der Waals surface area (Å²) in [5, 5.41) is 12.4. The molecule has 2 aromatic rings. The number of phenols is 1. The molecule has 0 aliphatic carbocycles. The largest absolute Gasteiger partial charge is 0.503 e. The van der Waals surface area contributed by atoms with Crippen LogP contribution in [0, 0.1) is 5.82 Å². The van der Waals surface area contributed by atoms with Crippen molar-refractivity contribution in [1.82, 2.24) is 10.2 Å². The Kier molecular flexibility index (Phi) is 5.32. The molecule has 1 aliphatic heterocycles. The predicted molar refractivity (Wildman–Crippen MR) is 97.7 cm³/mol. The molecule has 0 bridgehead atoms. The van der Waals surface area contributed by atoms with Gasteiger partial charge in [-0.15, -0.1) is 0 Å². The summed E-state index contributed by atoms with van der Waals surface area (Å²) in [6.45, 7) is 1.88. The summed E-state index contributed by atoms with van der Waals surface area (Å²) < 4.78 is 19.1. The van der Waals surface area contributed by atoms with Gasteiger partial charge in [-0.3, -0.25) is 9.69 Å². The summed E-state index contributed by atoms with van der Waals surface area (Å²) in [7, 11) is 0. The number of amides is 3. The van der Waals surface area contributed by atoms with Crippen molar-refractivity contribution in [3.8, 4) is 11.5 Å². The van der Waals surface area contributed by atoms with Gasteiger partial charge in [-0.1, -0.05) is 29.8 Å². The quantitative estimate of drug-likeness (QED) is 0.603. The topological polar surface area (TPSA) is 78.9 Å². The first-order valence-electron chi connectivity index (χ1n) is 8.14. The monoisotopic (exact) mass is 390 g/mol. The molecule has 27 heavy (non-hydrogen) atoms. The average Bonchev–Trinajstić information content (AvgIpc) is 2.88. The third-order valence-electron chi connectivity index (χ3n) is 3.91. The van der Waals surface area contributed by atoms with Crippen molar-refractivity contribution in [2.24, 2.45) is 0 Å². The van der Waals surface area contributed by atoms with E-state index in [2.05, 4.69) is 5.32 Å². The lowest BCUT2D eigenvalue weighted by molar-refractivity contribution is -0.123. The fraction of sp³-hybridized carbons (Fsp3) is 0.158. The van der Waals surface area contributed by atoms with Crippen LogP contribution in [-0.2, 0) is 11.3 Å². The van der Waals surface area contributed by atoms with Crippen molar-refractivity contribution in [3.63, 3.8) is 0 Å². The van der Waals surface area contributed by atoms with Crippen molar-refractivity contribution >= 4 is 29.6 Å². The molecule has 2 N–H and O–H groups in total. The van der Waals surface area contributed by atoms with E-state index >= 15 is 0 Å². The minimum absolute atomic E-state index is 0.0144. The summed E-state index contributed by atoms with van der Waals surface area (Å²) in [6, 6.07) is 8.21. The molecule has 1 aliphatic rings. The van der Waals surface area contributed by atoms with Gasteiger partial charge in [0.05, 0.1) is 18.2 Å². The van der Waals surface area contributed by atoms with Gasteiger partial charge in [-0.05, 0) is 36.8 Å². The minimum atomic E-state index is -0.649. The number of imide groups is 1. The molecule has 8 heteroatoms. The number of nitrogens with zero attached hydrogens (tertiary/aromatic N) is 1. The molecule has 0 radical (unpaired) electrons. The second-order valence-corrected chi connectivity index (χ2v) is 6.16. The number of rotatable bonds is 5. The van der Waals surface area contributed by atoms with E-state index in [-0.39, 0.29) is 34.3 Å². The first kappa shape index (κ1) is 18.7. The van der Waals surface area contributed by atoms with Gasteiger partial charge in [0.1, 0.15) is 11.5 Å². The van der Waals surface area contributed by atoms with Crippen LogP contribution in [-0.4, -0.2) is 28.6 Å². The summed E-state index contributed by atoms with van der Waals surface area (Å²) in [4.78, 5) is 25.6. The number of benzene rings is 2. The molecule has 0 aromatic heterocycles. The molecule has 3 amide bonds. The Labute approximate surface area is 159 Å². The van der Waals surface area contributed by atoms with Crippen molar-refractivity contribution in [2.75, 3.05) is 6.61 Å². The summed E-state index contributed by atoms with van der Waals surface area (Å²) >= 11 is 5.98. The minimum Gasteiger partial charge on any atom is -0.503 e. The maximum Gasteiger partial charge on any atom is 0.329 e. The van der Waals surface area contributed by atoms with Crippen LogP contribution in [0.5, 0.6) is 11.5 Å². The molecule has 3 rings (SSSR count). The number of nitrogens with one attached hydrogen (secondary N) is 1. The van der Waals surface area contributed by atoms with Gasteiger partial charge < -0.3 is 15.2 Å². The van der Waals surface area contributed by atoms with E-state index in [1.165, 1.54) is 36.4 Å². The zero-order valence-electron chi connectivity index (χ0n) is 14.3. The third-order valence-corrected chi connectivity index (χ3v) is 4.20. The van der Waals surface area contributed by atoms with Gasteiger partial charge in [-0.2, -0.15) is 0 Å². The summed E-state index contributed by atoms with van der Waals surface area (Å²) in [6.07, 6.45) is 1.41. The molecule has 140 valence electrons. The van der Waals surface area contributed by atoms with Crippen LogP contribution < -0.4 is 10.1 Å². The van der Waals surface area contributed by atoms with E-state index in [1.54, 1.807) is 13.0 Å². The highest BCUT2D eigenvalue weighted by Crippen LogP contribution is 2.36. The van der Waals surface area contributed by atoms with Crippen molar-refractivity contribution in [3.05, 3.63) is 64.1 Å². The van der Waals surface area contributed by atoms with Crippen molar-refractivity contribution < 1.29 is 23.8 Å². The Morgan fingerprint density at radius 1 is 1.30 bits per heavy atom. The molecular weight excluding hydrogens is 375 g/mol. The van der Waals surface area contributed by atoms with Crippen LogP contribution in [0.4, 0.5) is 9.18 Å². The van der Waals surface area contributed by atoms with E-state index in [1.807, 2.05) is 0 Å². The second-order valence-electron chi connectivity index (χ2n) is 5.75. The van der Waals surface area contributed by atoms with Gasteiger partial charge >= 0.3 is 6.03 Å². The average molecular weight is 391 g/mol. The second kappa shape index (κ2) is 7.67. The van der Waals surface area contributed by atoms with Crippen LogP contribution in [0.1, 0.15) is 18.1 Å². The van der Waals surface area contributed by atoms with Gasteiger partial charge in [0.2, 0.25) is 0 Å². The van der Waals surface area contributed by atoms with Gasteiger partial charge in [0.15, 0.2) is 11.5 Å². The molecule has 1 fully saturated rings. The van der Waals surface area contributed by atoms with E-state index in [0.717, 1.165) is 4.90 Å². The highest BCUT2D eigenvalue weighted by Gasteiger charge is 2.34. The standard InChI is InChI=1S/C19H16ClFN2O4/c1-2-27-16-9-11(7-13(20)17(16)24)8-15-18(25)23(19(26)22-15)10-12-5-3-4-6-14(12)21/h3-9,24H,2,10H2,1H3,(H,22,26)/b15-8+. The number of carbonyl (C=O) groups is 2. The molecule has 0 unspecified atom stereocenters. The van der Waals surface area contributed by atoms with Crippen LogP contribution in [0.3, 0.4) is 0 Å². The number of carbonyl (C=O) groups excluding carboxylic acids is 2. The Morgan fingerprint density at radius 2 is 2.04 bits per heavy atom. The Hall–Kier alpha value is -3.06. The Bertz CT molecular complexity index is 945. The maximum atomic E-state index is 13.8. The summed E-state index contributed by atoms with van der Waals surface area (Å²) in [5.74, 6) is -1.13. The molecule has 0 saturated carbocycles. The fourth-order valence-corrected chi connectivity index (χ4v) is 2.84. The number of urea groups is 1. The SMILES string of the molecule is CCOc1cc(/C=C2/NC(=O)N(Cc3ccccc3F)C2=O)cc(Cl)c1O. The highest BCUT2D eigenvalue weighted by molar-refractivity contribution is 6.32. The third kappa shape index (κ3) is 3.88. The normalized spacial score (nSPS) is 15.4. The first-order chi connectivity index (χ1) is 12.9. The zero-order valence-corrected chi connectivity index (χ0v) is 15.1. The zero-order chi connectivity index (χ0) is 19.6. The maximum absolute atomic E-state index is 13.8. The van der Waals surface area contributed by atoms with E-state index in [0.29, 0.717) is 12.2 Å². The first-order valence-corrected chi connectivity index (χ1v) is 8.51. The van der Waals surface area contributed by atoms with E-state index in [9.17, 15) is 19.1 Å². The summed E-state index contributed by atoms with van der Waals surface area (Å²) in [5.41, 5.74) is 0.701. The molecule has 0 spiro atoms.